The van der Waals surface area contributed by atoms with Crippen LogP contribution >= 0.6 is 12.2 Å². The van der Waals surface area contributed by atoms with Crippen LogP contribution < -0.4 is 5.73 Å². The standard InChI is InChI=1S/C9H15N3OS/c1-7-6-12(9(14)11-7)5-3-2-4-8(10)13/h6H,2-5H2,1H3,(H2,10,13)(H,11,14). The molecular weight excluding hydrogens is 198 g/mol. The molecule has 4 nitrogen and oxygen atoms in total. The minimum Gasteiger partial charge on any atom is -0.370 e. The van der Waals surface area contributed by atoms with E-state index in [-0.39, 0.29) is 5.91 Å². The molecule has 0 aliphatic rings. The van der Waals surface area contributed by atoms with E-state index in [0.29, 0.717) is 6.42 Å². The van der Waals surface area contributed by atoms with Crippen LogP contribution in [0.25, 0.3) is 0 Å². The Kier molecular flexibility index (Phi) is 3.88. The summed E-state index contributed by atoms with van der Waals surface area (Å²) in [6.07, 6.45) is 4.18. The number of carbonyl (C=O) groups is 1. The topological polar surface area (TPSA) is 63.8 Å². The Morgan fingerprint density at radius 3 is 2.86 bits per heavy atom. The number of imidazole rings is 1. The third-order valence-corrected chi connectivity index (χ3v) is 2.32. The number of hydrogen-bond acceptors (Lipinski definition) is 2. The lowest BCUT2D eigenvalue weighted by Crippen LogP contribution is -2.10. The van der Waals surface area contributed by atoms with E-state index in [2.05, 4.69) is 4.98 Å². The molecule has 5 heteroatoms. The summed E-state index contributed by atoms with van der Waals surface area (Å²) in [4.78, 5) is 13.5. The highest BCUT2D eigenvalue weighted by Gasteiger charge is 1.97. The van der Waals surface area contributed by atoms with Gasteiger partial charge in [0, 0.05) is 24.9 Å². The highest BCUT2D eigenvalue weighted by Crippen LogP contribution is 2.02. The van der Waals surface area contributed by atoms with Crippen LogP contribution in [0.4, 0.5) is 0 Å². The zero-order valence-electron chi connectivity index (χ0n) is 8.25. The number of carbonyl (C=O) groups excluding carboxylic acids is 1. The first kappa shape index (κ1) is 11.0. The van der Waals surface area contributed by atoms with Gasteiger partial charge in [0.1, 0.15) is 0 Å². The van der Waals surface area contributed by atoms with Crippen LogP contribution in [0, 0.1) is 11.7 Å². The Morgan fingerprint density at radius 2 is 2.36 bits per heavy atom. The minimum absolute atomic E-state index is 0.237. The number of primary amides is 1. The van der Waals surface area contributed by atoms with Crippen LogP contribution in [0.3, 0.4) is 0 Å². The van der Waals surface area contributed by atoms with E-state index in [4.69, 9.17) is 18.0 Å². The molecule has 0 saturated heterocycles. The average molecular weight is 213 g/mol. The highest BCUT2D eigenvalue weighted by atomic mass is 32.1. The Morgan fingerprint density at radius 1 is 1.64 bits per heavy atom. The maximum absolute atomic E-state index is 10.5. The molecular formula is C9H15N3OS. The van der Waals surface area contributed by atoms with Gasteiger partial charge in [0.2, 0.25) is 5.91 Å². The second-order valence-electron chi connectivity index (χ2n) is 3.36. The number of rotatable bonds is 5. The van der Waals surface area contributed by atoms with Crippen molar-refractivity contribution in [2.45, 2.75) is 32.7 Å². The van der Waals surface area contributed by atoms with E-state index < -0.39 is 0 Å². The Balaban J connectivity index is 2.35. The predicted molar refractivity (Wildman–Crippen MR) is 57.4 cm³/mol. The fourth-order valence-electron chi connectivity index (χ4n) is 1.31. The van der Waals surface area contributed by atoms with Crippen molar-refractivity contribution in [1.82, 2.24) is 9.55 Å². The molecule has 1 rings (SSSR count). The van der Waals surface area contributed by atoms with Gasteiger partial charge in [-0.1, -0.05) is 0 Å². The van der Waals surface area contributed by atoms with Gasteiger partial charge >= 0.3 is 0 Å². The lowest BCUT2D eigenvalue weighted by molar-refractivity contribution is -0.118. The van der Waals surface area contributed by atoms with E-state index in [1.165, 1.54) is 0 Å². The fourth-order valence-corrected chi connectivity index (χ4v) is 1.62. The molecule has 3 N–H and O–H groups in total. The van der Waals surface area contributed by atoms with E-state index >= 15 is 0 Å². The van der Waals surface area contributed by atoms with Gasteiger partial charge in [-0.05, 0) is 32.0 Å². The zero-order chi connectivity index (χ0) is 10.6. The Hall–Kier alpha value is -1.10. The number of hydrogen-bond donors (Lipinski definition) is 2. The van der Waals surface area contributed by atoms with Crippen LogP contribution in [-0.4, -0.2) is 15.5 Å². The minimum atomic E-state index is -0.237. The lowest BCUT2D eigenvalue weighted by Gasteiger charge is -2.00. The summed E-state index contributed by atoms with van der Waals surface area (Å²) in [6, 6.07) is 0. The van der Waals surface area contributed by atoms with Crippen molar-refractivity contribution in [2.75, 3.05) is 0 Å². The molecule has 78 valence electrons. The third-order valence-electron chi connectivity index (χ3n) is 1.99. The molecule has 0 atom stereocenters. The molecule has 1 amide bonds. The molecule has 0 radical (unpaired) electrons. The van der Waals surface area contributed by atoms with E-state index in [9.17, 15) is 4.79 Å². The van der Waals surface area contributed by atoms with Gasteiger partial charge in [-0.2, -0.15) is 0 Å². The summed E-state index contributed by atoms with van der Waals surface area (Å²) in [5.41, 5.74) is 6.09. The van der Waals surface area contributed by atoms with Crippen molar-refractivity contribution in [3.63, 3.8) is 0 Å². The second-order valence-corrected chi connectivity index (χ2v) is 3.75. The van der Waals surface area contributed by atoms with Crippen LogP contribution in [-0.2, 0) is 11.3 Å². The zero-order valence-corrected chi connectivity index (χ0v) is 9.06. The number of nitrogens with two attached hydrogens (primary N) is 1. The molecule has 0 saturated carbocycles. The maximum atomic E-state index is 10.5. The number of nitrogens with zero attached hydrogens (tertiary/aromatic N) is 1. The molecule has 0 bridgehead atoms. The second kappa shape index (κ2) is 4.95. The summed E-state index contributed by atoms with van der Waals surface area (Å²) >= 11 is 5.09. The molecule has 0 aliphatic heterocycles. The van der Waals surface area contributed by atoms with Gasteiger partial charge in [0.15, 0.2) is 4.77 Å². The van der Waals surface area contributed by atoms with Gasteiger partial charge in [0.25, 0.3) is 0 Å². The van der Waals surface area contributed by atoms with E-state index in [1.54, 1.807) is 0 Å². The normalized spacial score (nSPS) is 10.4. The fraction of sp³-hybridized carbons (Fsp3) is 0.556. The molecule has 1 heterocycles. The van der Waals surface area contributed by atoms with Crippen molar-refractivity contribution < 1.29 is 4.79 Å². The number of H-pyrrole nitrogens is 1. The molecule has 1 aromatic heterocycles. The molecule has 0 unspecified atom stereocenters. The van der Waals surface area contributed by atoms with Crippen molar-refractivity contribution >= 4 is 18.1 Å². The number of aromatic amines is 1. The largest absolute Gasteiger partial charge is 0.370 e. The van der Waals surface area contributed by atoms with Gasteiger partial charge in [-0.25, -0.2) is 0 Å². The molecule has 1 aromatic rings. The highest BCUT2D eigenvalue weighted by molar-refractivity contribution is 7.71. The molecule has 0 aliphatic carbocycles. The number of aromatic nitrogens is 2. The van der Waals surface area contributed by atoms with Crippen LogP contribution in [0.1, 0.15) is 25.0 Å². The van der Waals surface area contributed by atoms with Crippen LogP contribution in [0.15, 0.2) is 6.20 Å². The number of nitrogens with one attached hydrogen (secondary N) is 1. The van der Waals surface area contributed by atoms with Crippen LogP contribution in [0.2, 0.25) is 0 Å². The monoisotopic (exact) mass is 213 g/mol. The van der Waals surface area contributed by atoms with Crippen LogP contribution in [0.5, 0.6) is 0 Å². The number of amides is 1. The molecule has 14 heavy (non-hydrogen) atoms. The Bertz CT molecular complexity index is 366. The van der Waals surface area contributed by atoms with Gasteiger partial charge < -0.3 is 15.3 Å². The van der Waals surface area contributed by atoms with Gasteiger partial charge in [0.05, 0.1) is 0 Å². The first-order chi connectivity index (χ1) is 6.59. The number of unbranched alkanes of at least 4 members (excludes halogenated alkanes) is 1. The summed E-state index contributed by atoms with van der Waals surface area (Å²) < 4.78 is 2.72. The summed E-state index contributed by atoms with van der Waals surface area (Å²) in [5, 5.41) is 0. The molecule has 0 fully saturated rings. The van der Waals surface area contributed by atoms with Gasteiger partial charge in [-0.15, -0.1) is 0 Å². The number of aryl methyl sites for hydroxylation is 2. The molecule has 0 spiro atoms. The maximum Gasteiger partial charge on any atom is 0.217 e. The van der Waals surface area contributed by atoms with Crippen molar-refractivity contribution in [3.05, 3.63) is 16.7 Å². The van der Waals surface area contributed by atoms with Crippen molar-refractivity contribution in [3.8, 4) is 0 Å². The lowest BCUT2D eigenvalue weighted by atomic mass is 10.2. The Labute approximate surface area is 88.1 Å². The quantitative estimate of drug-likeness (QED) is 0.575. The smallest absolute Gasteiger partial charge is 0.217 e. The van der Waals surface area contributed by atoms with E-state index in [0.717, 1.165) is 29.9 Å². The molecule has 0 aromatic carbocycles. The summed E-state index contributed by atoms with van der Waals surface area (Å²) in [6.45, 7) is 2.81. The summed E-state index contributed by atoms with van der Waals surface area (Å²) in [5.74, 6) is -0.237. The first-order valence-corrected chi connectivity index (χ1v) is 5.05. The SMILES string of the molecule is Cc1cn(CCCCC(N)=O)c(=S)[nH]1. The van der Waals surface area contributed by atoms with E-state index in [1.807, 2.05) is 17.7 Å². The van der Waals surface area contributed by atoms with Gasteiger partial charge in [-0.3, -0.25) is 4.79 Å². The predicted octanol–water partition coefficient (Wildman–Crippen LogP) is 1.51. The summed E-state index contributed by atoms with van der Waals surface area (Å²) in [7, 11) is 0. The average Bonchev–Trinajstić information content (AvgIpc) is 2.39. The van der Waals surface area contributed by atoms with Crippen molar-refractivity contribution in [1.29, 1.82) is 0 Å². The van der Waals surface area contributed by atoms with Crippen molar-refractivity contribution in [2.24, 2.45) is 5.73 Å². The first-order valence-electron chi connectivity index (χ1n) is 4.64. The third kappa shape index (κ3) is 3.33.